The molecule has 2 aromatic heterocycles. The molecule has 0 unspecified atom stereocenters. The van der Waals surface area contributed by atoms with Gasteiger partial charge in [0.15, 0.2) is 0 Å². The Balaban J connectivity index is 1.37. The minimum Gasteiger partial charge on any atom is -0.474 e. The summed E-state index contributed by atoms with van der Waals surface area (Å²) >= 11 is 6.21. The average Bonchev–Trinajstić information content (AvgIpc) is 3.05. The van der Waals surface area contributed by atoms with Crippen molar-refractivity contribution in [2.75, 3.05) is 0 Å². The first-order valence-electron chi connectivity index (χ1n) is 9.76. The van der Waals surface area contributed by atoms with Crippen LogP contribution in [0.25, 0.3) is 11.8 Å². The van der Waals surface area contributed by atoms with Crippen LogP contribution in [0.2, 0.25) is 5.02 Å². The number of nitrogens with zero attached hydrogens (tertiary/aromatic N) is 4. The highest BCUT2D eigenvalue weighted by Crippen LogP contribution is 2.36. The largest absolute Gasteiger partial charge is 0.474 e. The van der Waals surface area contributed by atoms with Crippen LogP contribution in [-0.2, 0) is 6.42 Å². The molecular weight excluding hydrogens is 372 g/mol. The first-order valence-corrected chi connectivity index (χ1v) is 10.1. The van der Waals surface area contributed by atoms with Gasteiger partial charge in [-0.2, -0.15) is 0 Å². The van der Waals surface area contributed by atoms with E-state index in [-0.39, 0.29) is 6.10 Å². The van der Waals surface area contributed by atoms with Crippen LogP contribution in [0, 0.1) is 0 Å². The second-order valence-corrected chi connectivity index (χ2v) is 7.82. The van der Waals surface area contributed by atoms with E-state index >= 15 is 0 Å². The number of halogens is 1. The van der Waals surface area contributed by atoms with Crippen LogP contribution in [0.5, 0.6) is 5.88 Å². The van der Waals surface area contributed by atoms with Crippen LogP contribution in [0.1, 0.15) is 48.8 Å². The first kappa shape index (κ1) is 17.4. The summed E-state index contributed by atoms with van der Waals surface area (Å²) in [6.07, 6.45) is 11.1. The van der Waals surface area contributed by atoms with Gasteiger partial charge in [0, 0.05) is 29.6 Å². The van der Waals surface area contributed by atoms with Gasteiger partial charge in [0.1, 0.15) is 17.8 Å². The molecule has 0 saturated heterocycles. The number of hydrogen-bond donors (Lipinski definition) is 0. The van der Waals surface area contributed by atoms with E-state index in [9.17, 15) is 0 Å². The van der Waals surface area contributed by atoms with Crippen LogP contribution < -0.4 is 4.74 Å². The minimum atomic E-state index is 0.213. The summed E-state index contributed by atoms with van der Waals surface area (Å²) in [5.74, 6) is 3.13. The Labute approximate surface area is 169 Å². The number of hydrogen-bond acceptors (Lipinski definition) is 4. The lowest BCUT2D eigenvalue weighted by molar-refractivity contribution is 0.139. The number of benzene rings is 1. The molecule has 142 valence electrons. The molecule has 0 bridgehead atoms. The van der Waals surface area contributed by atoms with Gasteiger partial charge in [0.2, 0.25) is 5.88 Å². The summed E-state index contributed by atoms with van der Waals surface area (Å²) in [7, 11) is 0. The minimum absolute atomic E-state index is 0.213. The van der Waals surface area contributed by atoms with E-state index in [4.69, 9.17) is 16.3 Å². The molecule has 3 aromatic rings. The standard InChI is InChI=1S/C22H21ClN4O/c23-17-9-12-19-16(14-17)4-3-5-20-25-26-22(27(19)20)15-7-10-18(11-8-15)28-21-6-1-2-13-24-21/h1-4,6,9,12-15,18H,5,7-8,10-11H2. The second-order valence-electron chi connectivity index (χ2n) is 7.38. The van der Waals surface area contributed by atoms with Gasteiger partial charge in [-0.1, -0.05) is 29.8 Å². The topological polar surface area (TPSA) is 52.8 Å². The van der Waals surface area contributed by atoms with Crippen molar-refractivity contribution in [3.05, 3.63) is 70.9 Å². The summed E-state index contributed by atoms with van der Waals surface area (Å²) in [4.78, 5) is 4.28. The number of pyridine rings is 1. The molecule has 1 aromatic carbocycles. The van der Waals surface area contributed by atoms with Crippen molar-refractivity contribution in [3.63, 3.8) is 0 Å². The maximum Gasteiger partial charge on any atom is 0.213 e. The number of fused-ring (bicyclic) bond motifs is 3. The molecule has 2 aliphatic rings. The Kier molecular flexibility index (Phi) is 4.61. The molecular formula is C22H21ClN4O. The number of allylic oxidation sites excluding steroid dienone is 1. The summed E-state index contributed by atoms with van der Waals surface area (Å²) in [6.45, 7) is 0. The fraction of sp³-hybridized carbons (Fsp3) is 0.318. The van der Waals surface area contributed by atoms with Crippen molar-refractivity contribution < 1.29 is 4.74 Å². The van der Waals surface area contributed by atoms with E-state index in [2.05, 4.69) is 38.0 Å². The fourth-order valence-corrected chi connectivity index (χ4v) is 4.35. The molecule has 6 heteroatoms. The monoisotopic (exact) mass is 392 g/mol. The lowest BCUT2D eigenvalue weighted by Crippen LogP contribution is -2.25. The van der Waals surface area contributed by atoms with Gasteiger partial charge in [0.05, 0.1) is 5.69 Å². The van der Waals surface area contributed by atoms with E-state index < -0.39 is 0 Å². The van der Waals surface area contributed by atoms with E-state index in [0.29, 0.717) is 11.8 Å². The molecule has 0 atom stereocenters. The molecule has 5 rings (SSSR count). The van der Waals surface area contributed by atoms with Crippen molar-refractivity contribution in [2.24, 2.45) is 0 Å². The van der Waals surface area contributed by atoms with Crippen LogP contribution in [0.15, 0.2) is 48.7 Å². The van der Waals surface area contributed by atoms with Gasteiger partial charge < -0.3 is 4.74 Å². The lowest BCUT2D eigenvalue weighted by atomic mass is 9.86. The number of aromatic nitrogens is 4. The predicted octanol–water partition coefficient (Wildman–Crippen LogP) is 4.99. The summed E-state index contributed by atoms with van der Waals surface area (Å²) in [5, 5.41) is 9.82. The summed E-state index contributed by atoms with van der Waals surface area (Å²) in [6, 6.07) is 11.8. The SMILES string of the molecule is Clc1ccc2c(c1)C=CCc1nnc(C3CCC(Oc4ccccn4)CC3)n1-2. The maximum atomic E-state index is 6.21. The van der Waals surface area contributed by atoms with Crippen molar-refractivity contribution in [1.29, 1.82) is 0 Å². The third-order valence-corrected chi connectivity index (χ3v) is 5.78. The van der Waals surface area contributed by atoms with Gasteiger partial charge in [-0.25, -0.2) is 4.98 Å². The molecule has 1 aliphatic heterocycles. The van der Waals surface area contributed by atoms with Crippen LogP contribution in [-0.4, -0.2) is 25.9 Å². The van der Waals surface area contributed by atoms with Crippen molar-refractivity contribution in [2.45, 2.75) is 44.1 Å². The molecule has 0 radical (unpaired) electrons. The molecule has 1 aliphatic carbocycles. The molecule has 1 fully saturated rings. The molecule has 1 saturated carbocycles. The Morgan fingerprint density at radius 1 is 1.04 bits per heavy atom. The van der Waals surface area contributed by atoms with Gasteiger partial charge in [-0.15, -0.1) is 10.2 Å². The van der Waals surface area contributed by atoms with E-state index in [1.165, 1.54) is 0 Å². The Bertz CT molecular complexity index is 1010. The van der Waals surface area contributed by atoms with Crippen molar-refractivity contribution in [1.82, 2.24) is 19.7 Å². The molecule has 0 spiro atoms. The Morgan fingerprint density at radius 3 is 2.75 bits per heavy atom. The fourth-order valence-electron chi connectivity index (χ4n) is 4.17. The highest BCUT2D eigenvalue weighted by molar-refractivity contribution is 6.30. The Hall–Kier alpha value is -2.66. The molecule has 3 heterocycles. The second kappa shape index (κ2) is 7.40. The average molecular weight is 393 g/mol. The van der Waals surface area contributed by atoms with Crippen molar-refractivity contribution in [3.8, 4) is 11.6 Å². The van der Waals surface area contributed by atoms with Crippen LogP contribution >= 0.6 is 11.6 Å². The normalized spacial score (nSPS) is 20.9. The smallest absolute Gasteiger partial charge is 0.213 e. The van der Waals surface area contributed by atoms with E-state index in [1.54, 1.807) is 6.20 Å². The Morgan fingerprint density at radius 2 is 1.93 bits per heavy atom. The summed E-state index contributed by atoms with van der Waals surface area (Å²) in [5.41, 5.74) is 2.22. The molecule has 28 heavy (non-hydrogen) atoms. The third kappa shape index (κ3) is 3.31. The predicted molar refractivity (Wildman–Crippen MR) is 109 cm³/mol. The first-order chi connectivity index (χ1) is 13.8. The van der Waals surface area contributed by atoms with Crippen LogP contribution in [0.4, 0.5) is 0 Å². The lowest BCUT2D eigenvalue weighted by Gasteiger charge is -2.28. The molecule has 0 N–H and O–H groups in total. The van der Waals surface area contributed by atoms with Gasteiger partial charge in [-0.3, -0.25) is 4.57 Å². The quantitative estimate of drug-likeness (QED) is 0.630. The van der Waals surface area contributed by atoms with E-state index in [0.717, 1.165) is 60.0 Å². The zero-order chi connectivity index (χ0) is 18.9. The third-order valence-electron chi connectivity index (χ3n) is 5.55. The zero-order valence-electron chi connectivity index (χ0n) is 15.5. The number of rotatable bonds is 3. The zero-order valence-corrected chi connectivity index (χ0v) is 16.2. The van der Waals surface area contributed by atoms with E-state index in [1.807, 2.05) is 30.3 Å². The molecule has 0 amide bonds. The highest BCUT2D eigenvalue weighted by atomic mass is 35.5. The van der Waals surface area contributed by atoms with Crippen LogP contribution in [0.3, 0.4) is 0 Å². The molecule has 5 nitrogen and oxygen atoms in total. The van der Waals surface area contributed by atoms with Gasteiger partial charge in [-0.05, 0) is 55.5 Å². The maximum absolute atomic E-state index is 6.21. The summed E-state index contributed by atoms with van der Waals surface area (Å²) < 4.78 is 8.28. The van der Waals surface area contributed by atoms with Crippen molar-refractivity contribution >= 4 is 17.7 Å². The van der Waals surface area contributed by atoms with Gasteiger partial charge in [0.25, 0.3) is 0 Å². The highest BCUT2D eigenvalue weighted by Gasteiger charge is 2.29. The van der Waals surface area contributed by atoms with Gasteiger partial charge >= 0.3 is 0 Å². The number of ether oxygens (including phenoxy) is 1.